The number of aryl methyl sites for hydroxylation is 1. The molecule has 0 saturated carbocycles. The van der Waals surface area contributed by atoms with Crippen molar-refractivity contribution in [1.82, 2.24) is 0 Å². The van der Waals surface area contributed by atoms with Crippen LogP contribution >= 0.6 is 0 Å². The Kier molecular flexibility index (Phi) is 5.65. The van der Waals surface area contributed by atoms with Crippen molar-refractivity contribution in [1.29, 1.82) is 0 Å². The average Bonchev–Trinajstić information content (AvgIpc) is 3.50. The molecule has 3 aliphatic rings. The van der Waals surface area contributed by atoms with Gasteiger partial charge in [0.25, 0.3) is 0 Å². The smallest absolute Gasteiger partial charge is 0.137 e. The highest BCUT2D eigenvalue weighted by atomic mass is 16.3. The van der Waals surface area contributed by atoms with E-state index in [4.69, 9.17) is 4.42 Å². The molecule has 0 atom stereocenters. The van der Waals surface area contributed by atoms with Crippen molar-refractivity contribution in [2.45, 2.75) is 18.8 Å². The molecule has 2 nitrogen and oxygen atoms in total. The van der Waals surface area contributed by atoms with Crippen molar-refractivity contribution in [3.63, 3.8) is 0 Å². The number of fused-ring (bicyclic) bond motifs is 3. The Labute approximate surface area is 274 Å². The summed E-state index contributed by atoms with van der Waals surface area (Å²) in [6.45, 7) is 2.16. The van der Waals surface area contributed by atoms with Gasteiger partial charge in [0.2, 0.25) is 0 Å². The lowest BCUT2D eigenvalue weighted by Crippen LogP contribution is -2.30. The van der Waals surface area contributed by atoms with Crippen LogP contribution in [0.25, 0.3) is 33.1 Å². The van der Waals surface area contributed by atoms with Crippen LogP contribution in [0.4, 0.5) is 17.1 Å². The first kappa shape index (κ1) is 26.4. The molecule has 0 unspecified atom stereocenters. The van der Waals surface area contributed by atoms with Gasteiger partial charge in [-0.1, -0.05) is 121 Å². The zero-order chi connectivity index (χ0) is 31.1. The zero-order valence-corrected chi connectivity index (χ0v) is 26.0. The molecule has 222 valence electrons. The monoisotopic (exact) mass is 601 g/mol. The van der Waals surface area contributed by atoms with Crippen LogP contribution in [0.3, 0.4) is 0 Å². The molecule has 0 amide bonds. The van der Waals surface area contributed by atoms with Crippen molar-refractivity contribution < 1.29 is 4.42 Å². The molecule has 7 aromatic carbocycles. The largest absolute Gasteiger partial charge is 0.456 e. The Morgan fingerprint density at radius 3 is 1.77 bits per heavy atom. The van der Waals surface area contributed by atoms with Gasteiger partial charge in [-0.25, -0.2) is 0 Å². The highest BCUT2D eigenvalue weighted by Gasteiger charge is 2.44. The summed E-state index contributed by atoms with van der Waals surface area (Å²) < 4.78 is 6.43. The molecule has 0 aliphatic heterocycles. The summed E-state index contributed by atoms with van der Waals surface area (Å²) in [5, 5.41) is 2.28. The first-order chi connectivity index (χ1) is 23.2. The fourth-order valence-corrected chi connectivity index (χ4v) is 8.31. The van der Waals surface area contributed by atoms with E-state index in [1.807, 2.05) is 6.07 Å². The molecule has 8 aromatic rings. The molecule has 0 spiro atoms. The maximum atomic E-state index is 6.43. The van der Waals surface area contributed by atoms with E-state index in [1.165, 1.54) is 55.8 Å². The summed E-state index contributed by atoms with van der Waals surface area (Å²) in [7, 11) is 0. The van der Waals surface area contributed by atoms with E-state index in [9.17, 15) is 0 Å². The molecule has 3 aliphatic carbocycles. The van der Waals surface area contributed by atoms with Gasteiger partial charge in [0.1, 0.15) is 11.2 Å². The molecule has 0 radical (unpaired) electrons. The highest BCUT2D eigenvalue weighted by Crippen LogP contribution is 2.61. The van der Waals surface area contributed by atoms with Crippen LogP contribution in [-0.4, -0.2) is 0 Å². The van der Waals surface area contributed by atoms with Crippen molar-refractivity contribution in [3.05, 3.63) is 197 Å². The molecule has 0 saturated heterocycles. The van der Waals surface area contributed by atoms with Crippen molar-refractivity contribution >= 4 is 39.0 Å². The van der Waals surface area contributed by atoms with E-state index >= 15 is 0 Å². The minimum Gasteiger partial charge on any atom is -0.456 e. The minimum atomic E-state index is 0.115. The number of anilines is 3. The highest BCUT2D eigenvalue weighted by molar-refractivity contribution is 6.06. The maximum absolute atomic E-state index is 6.43. The summed E-state index contributed by atoms with van der Waals surface area (Å²) >= 11 is 0. The third kappa shape index (κ3) is 3.85. The van der Waals surface area contributed by atoms with Gasteiger partial charge >= 0.3 is 0 Å². The molecule has 1 heterocycles. The van der Waals surface area contributed by atoms with E-state index in [2.05, 4.69) is 163 Å². The van der Waals surface area contributed by atoms with Crippen LogP contribution in [0, 0.1) is 6.92 Å². The number of furan rings is 1. The van der Waals surface area contributed by atoms with Crippen LogP contribution in [0.15, 0.2) is 162 Å². The number of benzene rings is 7. The number of nitrogens with zero attached hydrogens (tertiary/aromatic N) is 1. The normalized spacial score (nSPS) is 15.8. The van der Waals surface area contributed by atoms with Gasteiger partial charge in [0.15, 0.2) is 0 Å². The van der Waals surface area contributed by atoms with E-state index in [0.29, 0.717) is 0 Å². The van der Waals surface area contributed by atoms with Crippen LogP contribution in [0.5, 0.6) is 0 Å². The van der Waals surface area contributed by atoms with E-state index < -0.39 is 0 Å². The standard InChI is InChI=1S/C45H31NO/c1-28-19-21-29(22-20-28)32-25-26-39(45-43-37-16-7-5-14-35(37)42(44(32)45)36-15-6-8-17-38(36)43)46(30-11-3-2-4-12-30)31-23-24-34-33-13-9-10-18-40(33)47-41(34)27-31/h2-27,42-43H,1H3. The van der Waals surface area contributed by atoms with Gasteiger partial charge in [-0.15, -0.1) is 0 Å². The van der Waals surface area contributed by atoms with Crippen LogP contribution in [0.2, 0.25) is 0 Å². The van der Waals surface area contributed by atoms with Gasteiger partial charge in [0, 0.05) is 40.0 Å². The molecule has 0 fully saturated rings. The zero-order valence-electron chi connectivity index (χ0n) is 26.0. The fourth-order valence-electron chi connectivity index (χ4n) is 8.31. The second kappa shape index (κ2) is 10.1. The summed E-state index contributed by atoms with van der Waals surface area (Å²) in [4.78, 5) is 2.44. The summed E-state index contributed by atoms with van der Waals surface area (Å²) in [6, 6.07) is 57.7. The molecule has 2 heteroatoms. The Morgan fingerprint density at radius 2 is 1.06 bits per heavy atom. The minimum absolute atomic E-state index is 0.115. The third-order valence-electron chi connectivity index (χ3n) is 10.3. The van der Waals surface area contributed by atoms with E-state index in [1.54, 1.807) is 0 Å². The molecule has 47 heavy (non-hydrogen) atoms. The van der Waals surface area contributed by atoms with Crippen molar-refractivity contribution in [3.8, 4) is 11.1 Å². The SMILES string of the molecule is Cc1ccc(-c2ccc(N(c3ccccc3)c3ccc4c(c3)oc3ccccc34)c3c2C2c4ccccc4C3c3ccccc32)cc1. The Balaban J connectivity index is 1.29. The van der Waals surface area contributed by atoms with Gasteiger partial charge in [-0.3, -0.25) is 0 Å². The third-order valence-corrected chi connectivity index (χ3v) is 10.3. The molecular formula is C45H31NO. The van der Waals surface area contributed by atoms with Gasteiger partial charge in [-0.2, -0.15) is 0 Å². The van der Waals surface area contributed by atoms with Gasteiger partial charge in [0.05, 0.1) is 5.69 Å². The topological polar surface area (TPSA) is 16.4 Å². The van der Waals surface area contributed by atoms with Crippen LogP contribution in [-0.2, 0) is 0 Å². The predicted octanol–water partition coefficient (Wildman–Crippen LogP) is 12.0. The second-order valence-corrected chi connectivity index (χ2v) is 12.9. The molecule has 11 rings (SSSR count). The Bertz CT molecular complexity index is 2440. The molecule has 0 N–H and O–H groups in total. The van der Waals surface area contributed by atoms with Crippen LogP contribution in [0.1, 0.15) is 50.8 Å². The maximum Gasteiger partial charge on any atom is 0.137 e. The molecule has 2 bridgehead atoms. The number of hydrogen-bond acceptors (Lipinski definition) is 2. The first-order valence-electron chi connectivity index (χ1n) is 16.4. The summed E-state index contributed by atoms with van der Waals surface area (Å²) in [5.41, 5.74) is 17.5. The van der Waals surface area contributed by atoms with Gasteiger partial charge < -0.3 is 9.32 Å². The first-order valence-corrected chi connectivity index (χ1v) is 16.4. The second-order valence-electron chi connectivity index (χ2n) is 12.9. The number of para-hydroxylation sites is 2. The quantitative estimate of drug-likeness (QED) is 0.199. The summed E-state index contributed by atoms with van der Waals surface area (Å²) in [6.07, 6.45) is 0. The lowest BCUT2D eigenvalue weighted by atomic mass is 9.59. The molecular weight excluding hydrogens is 571 g/mol. The number of rotatable bonds is 4. The van der Waals surface area contributed by atoms with E-state index in [0.717, 1.165) is 33.3 Å². The predicted molar refractivity (Wildman–Crippen MR) is 193 cm³/mol. The average molecular weight is 602 g/mol. The van der Waals surface area contributed by atoms with Crippen molar-refractivity contribution in [2.24, 2.45) is 0 Å². The molecule has 1 aromatic heterocycles. The van der Waals surface area contributed by atoms with E-state index in [-0.39, 0.29) is 11.8 Å². The Hall–Kier alpha value is -5.86. The Morgan fingerprint density at radius 1 is 0.468 bits per heavy atom. The number of hydrogen-bond donors (Lipinski definition) is 0. The fraction of sp³-hybridized carbons (Fsp3) is 0.0667. The lowest BCUT2D eigenvalue weighted by molar-refractivity contribution is 0.669. The van der Waals surface area contributed by atoms with Crippen LogP contribution < -0.4 is 4.90 Å². The summed E-state index contributed by atoms with van der Waals surface area (Å²) in [5.74, 6) is 0.262. The lowest BCUT2D eigenvalue weighted by Gasteiger charge is -2.45. The van der Waals surface area contributed by atoms with Gasteiger partial charge in [-0.05, 0) is 87.8 Å². The van der Waals surface area contributed by atoms with Crippen molar-refractivity contribution in [2.75, 3.05) is 4.90 Å².